The summed E-state index contributed by atoms with van der Waals surface area (Å²) in [6.07, 6.45) is 1.08. The zero-order valence-corrected chi connectivity index (χ0v) is 11.9. The average molecular weight is 288 g/mol. The lowest BCUT2D eigenvalue weighted by Gasteiger charge is -2.31. The van der Waals surface area contributed by atoms with Gasteiger partial charge in [0.25, 0.3) is 0 Å². The van der Waals surface area contributed by atoms with Crippen molar-refractivity contribution in [2.45, 2.75) is 13.0 Å². The van der Waals surface area contributed by atoms with E-state index in [0.717, 1.165) is 42.4 Å². The summed E-state index contributed by atoms with van der Waals surface area (Å²) >= 11 is 1.85. The van der Waals surface area contributed by atoms with Gasteiger partial charge in [-0.3, -0.25) is 0 Å². The second-order valence-electron chi connectivity index (χ2n) is 5.10. The fraction of sp³-hybridized carbons (Fsp3) is 0.333. The monoisotopic (exact) mass is 288 g/mol. The number of nitrogen functional groups attached to an aromatic ring is 1. The number of nitrogens with two attached hydrogens (primary N) is 1. The molecule has 0 amide bonds. The van der Waals surface area contributed by atoms with Gasteiger partial charge in [0.15, 0.2) is 11.5 Å². The fourth-order valence-corrected chi connectivity index (χ4v) is 3.71. The first kappa shape index (κ1) is 11.9. The van der Waals surface area contributed by atoms with Gasteiger partial charge in [-0.15, -0.1) is 11.3 Å². The van der Waals surface area contributed by atoms with Gasteiger partial charge in [-0.1, -0.05) is 0 Å². The molecule has 0 saturated carbocycles. The predicted molar refractivity (Wildman–Crippen MR) is 80.9 cm³/mol. The summed E-state index contributed by atoms with van der Waals surface area (Å²) in [5, 5.41) is 2.17. The zero-order chi connectivity index (χ0) is 13.5. The maximum Gasteiger partial charge on any atom is 0.163 e. The van der Waals surface area contributed by atoms with Crippen LogP contribution < -0.4 is 20.1 Å². The van der Waals surface area contributed by atoms with Crippen LogP contribution in [0.3, 0.4) is 0 Å². The van der Waals surface area contributed by atoms with Gasteiger partial charge < -0.3 is 20.1 Å². The number of hydrogen-bond acceptors (Lipinski definition) is 5. The van der Waals surface area contributed by atoms with Crippen molar-refractivity contribution in [3.05, 3.63) is 34.0 Å². The van der Waals surface area contributed by atoms with E-state index in [0.29, 0.717) is 13.2 Å². The summed E-state index contributed by atoms with van der Waals surface area (Å²) < 4.78 is 11.2. The van der Waals surface area contributed by atoms with Gasteiger partial charge in [0.2, 0.25) is 0 Å². The first-order valence-electron chi connectivity index (χ1n) is 6.80. The van der Waals surface area contributed by atoms with Gasteiger partial charge in [0.1, 0.15) is 13.2 Å². The molecule has 5 heteroatoms. The molecule has 0 radical (unpaired) electrons. The summed E-state index contributed by atoms with van der Waals surface area (Å²) in [5.74, 6) is 1.56. The molecule has 0 atom stereocenters. The van der Waals surface area contributed by atoms with Crippen LogP contribution in [0.5, 0.6) is 11.5 Å². The lowest BCUT2D eigenvalue weighted by atomic mass is 10.1. The van der Waals surface area contributed by atoms with Gasteiger partial charge in [-0.05, 0) is 23.4 Å². The van der Waals surface area contributed by atoms with Crippen LogP contribution in [0.2, 0.25) is 0 Å². The van der Waals surface area contributed by atoms with Crippen LogP contribution in [0.15, 0.2) is 23.6 Å². The van der Waals surface area contributed by atoms with E-state index in [1.54, 1.807) is 0 Å². The minimum Gasteiger partial charge on any atom is -0.486 e. The molecular weight excluding hydrogens is 272 g/mol. The molecule has 20 heavy (non-hydrogen) atoms. The fourth-order valence-electron chi connectivity index (χ4n) is 2.82. The lowest BCUT2D eigenvalue weighted by molar-refractivity contribution is 0.172. The van der Waals surface area contributed by atoms with Crippen molar-refractivity contribution in [2.24, 2.45) is 0 Å². The molecule has 2 N–H and O–H groups in total. The molecule has 1 aromatic heterocycles. The normalized spacial score (nSPS) is 16.9. The van der Waals surface area contributed by atoms with Gasteiger partial charge in [0, 0.05) is 30.1 Å². The van der Waals surface area contributed by atoms with Crippen molar-refractivity contribution in [1.82, 2.24) is 0 Å². The van der Waals surface area contributed by atoms with Crippen molar-refractivity contribution in [3.63, 3.8) is 0 Å². The van der Waals surface area contributed by atoms with Gasteiger partial charge >= 0.3 is 0 Å². The largest absolute Gasteiger partial charge is 0.486 e. The second-order valence-corrected chi connectivity index (χ2v) is 6.10. The molecule has 4 nitrogen and oxygen atoms in total. The standard InChI is InChI=1S/C15H16N2O2S/c16-11-7-13-14(19-5-4-18-13)8-12(11)17-3-1-15-10(9-17)2-6-20-15/h2,6-8H,1,3-5,9,16H2. The Hall–Kier alpha value is -1.88. The summed E-state index contributed by atoms with van der Waals surface area (Å²) in [5.41, 5.74) is 9.41. The van der Waals surface area contributed by atoms with Crippen LogP contribution in [0.25, 0.3) is 0 Å². The Bertz CT molecular complexity index is 653. The first-order chi connectivity index (χ1) is 9.81. The molecule has 104 valence electrons. The maximum atomic E-state index is 6.20. The Morgan fingerprint density at radius 2 is 1.95 bits per heavy atom. The number of thiophene rings is 1. The highest BCUT2D eigenvalue weighted by molar-refractivity contribution is 7.10. The van der Waals surface area contributed by atoms with Crippen molar-refractivity contribution < 1.29 is 9.47 Å². The molecule has 1 aromatic carbocycles. The number of nitrogens with zero attached hydrogens (tertiary/aromatic N) is 1. The van der Waals surface area contributed by atoms with E-state index in [4.69, 9.17) is 15.2 Å². The Morgan fingerprint density at radius 1 is 1.15 bits per heavy atom. The zero-order valence-electron chi connectivity index (χ0n) is 11.1. The van der Waals surface area contributed by atoms with Gasteiger partial charge in [-0.25, -0.2) is 0 Å². The van der Waals surface area contributed by atoms with Crippen LogP contribution in [0.4, 0.5) is 11.4 Å². The molecule has 0 bridgehead atoms. The van der Waals surface area contributed by atoms with E-state index >= 15 is 0 Å². The number of ether oxygens (including phenoxy) is 2. The summed E-state index contributed by atoms with van der Waals surface area (Å²) in [6.45, 7) is 3.11. The quantitative estimate of drug-likeness (QED) is 0.820. The Kier molecular flexibility index (Phi) is 2.73. The SMILES string of the molecule is Nc1cc2c(cc1N1CCc3sccc3C1)OCCO2. The lowest BCUT2D eigenvalue weighted by Crippen LogP contribution is -2.30. The van der Waals surface area contributed by atoms with E-state index in [1.165, 1.54) is 10.4 Å². The Morgan fingerprint density at radius 3 is 2.80 bits per heavy atom. The van der Waals surface area contributed by atoms with E-state index in [-0.39, 0.29) is 0 Å². The summed E-state index contributed by atoms with van der Waals surface area (Å²) in [4.78, 5) is 3.82. The van der Waals surface area contributed by atoms with Crippen LogP contribution >= 0.6 is 11.3 Å². The van der Waals surface area contributed by atoms with E-state index in [1.807, 2.05) is 23.5 Å². The number of hydrogen-bond donors (Lipinski definition) is 1. The molecule has 0 aliphatic carbocycles. The van der Waals surface area contributed by atoms with E-state index in [9.17, 15) is 0 Å². The molecule has 0 saturated heterocycles. The average Bonchev–Trinajstić information content (AvgIpc) is 2.94. The van der Waals surface area contributed by atoms with Crippen molar-refractivity contribution in [2.75, 3.05) is 30.4 Å². The highest BCUT2D eigenvalue weighted by atomic mass is 32.1. The second kappa shape index (κ2) is 4.59. The van der Waals surface area contributed by atoms with E-state index < -0.39 is 0 Å². The molecule has 0 spiro atoms. The molecule has 2 aromatic rings. The van der Waals surface area contributed by atoms with Crippen LogP contribution in [-0.2, 0) is 13.0 Å². The third-order valence-electron chi connectivity index (χ3n) is 3.84. The topological polar surface area (TPSA) is 47.7 Å². The van der Waals surface area contributed by atoms with Crippen molar-refractivity contribution >= 4 is 22.7 Å². The summed E-state index contributed by atoms with van der Waals surface area (Å²) in [7, 11) is 0. The third kappa shape index (κ3) is 1.89. The maximum absolute atomic E-state index is 6.20. The summed E-state index contributed by atoms with van der Waals surface area (Å²) in [6, 6.07) is 6.11. The van der Waals surface area contributed by atoms with Crippen LogP contribution in [-0.4, -0.2) is 19.8 Å². The molecule has 2 aliphatic heterocycles. The molecule has 3 heterocycles. The smallest absolute Gasteiger partial charge is 0.163 e. The van der Waals surface area contributed by atoms with Gasteiger partial charge in [0.05, 0.1) is 11.4 Å². The van der Waals surface area contributed by atoms with E-state index in [2.05, 4.69) is 16.3 Å². The highest BCUT2D eigenvalue weighted by Gasteiger charge is 2.22. The third-order valence-corrected chi connectivity index (χ3v) is 4.86. The number of anilines is 2. The molecule has 2 aliphatic rings. The Balaban J connectivity index is 1.69. The molecule has 0 fully saturated rings. The minimum absolute atomic E-state index is 0.591. The first-order valence-corrected chi connectivity index (χ1v) is 7.68. The number of benzene rings is 1. The number of rotatable bonds is 1. The Labute approximate surface area is 121 Å². The number of fused-ring (bicyclic) bond motifs is 2. The van der Waals surface area contributed by atoms with Crippen molar-refractivity contribution in [3.8, 4) is 11.5 Å². The molecule has 4 rings (SSSR count). The van der Waals surface area contributed by atoms with Crippen LogP contribution in [0.1, 0.15) is 10.4 Å². The van der Waals surface area contributed by atoms with Crippen LogP contribution in [0, 0.1) is 0 Å². The highest BCUT2D eigenvalue weighted by Crippen LogP contribution is 2.40. The molecule has 0 unspecified atom stereocenters. The predicted octanol–water partition coefficient (Wildman–Crippen LogP) is 2.66. The minimum atomic E-state index is 0.591. The van der Waals surface area contributed by atoms with Gasteiger partial charge in [-0.2, -0.15) is 0 Å². The molecular formula is C15H16N2O2S. The van der Waals surface area contributed by atoms with Crippen molar-refractivity contribution in [1.29, 1.82) is 0 Å².